The lowest BCUT2D eigenvalue weighted by molar-refractivity contribution is -0.134. The van der Waals surface area contributed by atoms with Crippen molar-refractivity contribution in [3.63, 3.8) is 0 Å². The van der Waals surface area contributed by atoms with E-state index in [-0.39, 0.29) is 12.2 Å². The second kappa shape index (κ2) is 12.0. The van der Waals surface area contributed by atoms with Gasteiger partial charge in [0.1, 0.15) is 11.9 Å². The molecule has 160 valence electrons. The minimum atomic E-state index is -1.26. The van der Waals surface area contributed by atoms with E-state index in [2.05, 4.69) is 17.4 Å². The number of nitrogens with one attached hydrogen (secondary N) is 1. The van der Waals surface area contributed by atoms with Crippen LogP contribution in [0.1, 0.15) is 17.2 Å². The van der Waals surface area contributed by atoms with Crippen LogP contribution in [0, 0.1) is 6.92 Å². The predicted molar refractivity (Wildman–Crippen MR) is 113 cm³/mol. The van der Waals surface area contributed by atoms with Gasteiger partial charge in [0.2, 0.25) is 0 Å². The molecule has 1 fully saturated rings. The molecule has 2 atom stereocenters. The lowest BCUT2D eigenvalue weighted by Crippen LogP contribution is -2.43. The quantitative estimate of drug-likeness (QED) is 0.599. The van der Waals surface area contributed by atoms with Crippen molar-refractivity contribution in [3.05, 3.63) is 76.8 Å². The fourth-order valence-corrected chi connectivity index (χ4v) is 2.92. The van der Waals surface area contributed by atoms with Gasteiger partial charge in [-0.25, -0.2) is 9.59 Å². The molecule has 0 radical (unpaired) electrons. The maximum Gasteiger partial charge on any atom is 0.328 e. The number of ether oxygens (including phenoxy) is 2. The number of benzene rings is 2. The fraction of sp³-hybridized carbons (Fsp3) is 0.273. The third-order valence-electron chi connectivity index (χ3n) is 4.13. The van der Waals surface area contributed by atoms with E-state index in [9.17, 15) is 9.59 Å². The normalized spacial score (nSPS) is 16.9. The molecule has 0 saturated carbocycles. The molecule has 1 aliphatic heterocycles. The molecule has 0 unspecified atom stereocenters. The standard InChI is InChI=1S/C18H20ClNO2.C4H4O4/c1-13-7-8-15(19)16(11-13)22-18(14-5-3-2-4-6-14)17-12-20-9-10-21-17;5-3(6)1-2-4(7)8/h2-8,11,17-18,20H,9-10,12H2,1H3;1-2H,(H,5,6)(H,7,8)/b;2-1+/t17-,18-;/m0./s1. The summed E-state index contributed by atoms with van der Waals surface area (Å²) in [5.41, 5.74) is 2.21. The molecule has 7 nitrogen and oxygen atoms in total. The predicted octanol–water partition coefficient (Wildman–Crippen LogP) is 3.47. The van der Waals surface area contributed by atoms with Crippen molar-refractivity contribution in [2.45, 2.75) is 19.1 Å². The van der Waals surface area contributed by atoms with E-state index in [1.165, 1.54) is 0 Å². The number of aliphatic carboxylic acids is 2. The maximum atomic E-state index is 9.55. The van der Waals surface area contributed by atoms with Gasteiger partial charge in [0.25, 0.3) is 0 Å². The van der Waals surface area contributed by atoms with Crippen molar-refractivity contribution < 1.29 is 29.3 Å². The van der Waals surface area contributed by atoms with Gasteiger partial charge in [-0.05, 0) is 30.2 Å². The second-order valence-corrected chi connectivity index (χ2v) is 6.91. The number of hydrogen-bond donors (Lipinski definition) is 3. The van der Waals surface area contributed by atoms with E-state index in [1.54, 1.807) is 0 Å². The first-order chi connectivity index (χ1) is 14.4. The molecule has 30 heavy (non-hydrogen) atoms. The molecule has 1 saturated heterocycles. The van der Waals surface area contributed by atoms with Gasteiger partial charge in [-0.15, -0.1) is 0 Å². The average Bonchev–Trinajstić information content (AvgIpc) is 2.74. The third-order valence-corrected chi connectivity index (χ3v) is 4.44. The fourth-order valence-electron chi connectivity index (χ4n) is 2.76. The van der Waals surface area contributed by atoms with Gasteiger partial charge in [-0.3, -0.25) is 0 Å². The van der Waals surface area contributed by atoms with Crippen LogP contribution < -0.4 is 10.1 Å². The SMILES string of the molecule is Cc1ccc(Cl)c(O[C@@H](c2ccccc2)[C@@H]2CNCCO2)c1.O=C(O)/C=C/C(=O)O. The number of rotatable bonds is 6. The Labute approximate surface area is 179 Å². The van der Waals surface area contributed by atoms with Crippen molar-refractivity contribution in [2.75, 3.05) is 19.7 Å². The summed E-state index contributed by atoms with van der Waals surface area (Å²) in [6, 6.07) is 16.0. The zero-order valence-electron chi connectivity index (χ0n) is 16.5. The van der Waals surface area contributed by atoms with Crippen molar-refractivity contribution in [2.24, 2.45) is 0 Å². The topological polar surface area (TPSA) is 105 Å². The highest BCUT2D eigenvalue weighted by atomic mass is 35.5. The van der Waals surface area contributed by atoms with Crippen LogP contribution in [0.5, 0.6) is 5.75 Å². The molecule has 2 aromatic carbocycles. The number of aryl methyl sites for hydroxylation is 1. The highest BCUT2D eigenvalue weighted by Gasteiger charge is 2.28. The Hall–Kier alpha value is -2.87. The molecule has 0 aromatic heterocycles. The minimum absolute atomic E-state index is 0.0345. The summed E-state index contributed by atoms with van der Waals surface area (Å²) in [5, 5.41) is 19.6. The first kappa shape index (κ1) is 23.4. The zero-order chi connectivity index (χ0) is 21.9. The van der Waals surface area contributed by atoms with Crippen molar-refractivity contribution in [3.8, 4) is 5.75 Å². The summed E-state index contributed by atoms with van der Waals surface area (Å²) < 4.78 is 12.2. The summed E-state index contributed by atoms with van der Waals surface area (Å²) in [4.78, 5) is 19.1. The number of carbonyl (C=O) groups is 2. The maximum absolute atomic E-state index is 9.55. The zero-order valence-corrected chi connectivity index (χ0v) is 17.2. The average molecular weight is 434 g/mol. The van der Waals surface area contributed by atoms with Crippen molar-refractivity contribution >= 4 is 23.5 Å². The van der Waals surface area contributed by atoms with E-state index in [4.69, 9.17) is 31.3 Å². The van der Waals surface area contributed by atoms with E-state index in [1.807, 2.05) is 43.3 Å². The van der Waals surface area contributed by atoms with Crippen LogP contribution in [0.25, 0.3) is 0 Å². The van der Waals surface area contributed by atoms with E-state index >= 15 is 0 Å². The second-order valence-electron chi connectivity index (χ2n) is 6.51. The van der Waals surface area contributed by atoms with Crippen molar-refractivity contribution in [1.82, 2.24) is 5.32 Å². The van der Waals surface area contributed by atoms with Gasteiger partial charge in [0.15, 0.2) is 6.10 Å². The number of halogens is 1. The molecule has 2 aromatic rings. The van der Waals surface area contributed by atoms with Gasteiger partial charge in [0, 0.05) is 25.2 Å². The summed E-state index contributed by atoms with van der Waals surface area (Å²) in [5.74, 6) is -1.82. The summed E-state index contributed by atoms with van der Waals surface area (Å²) in [6.07, 6.45) is 0.894. The van der Waals surface area contributed by atoms with Crippen LogP contribution in [-0.2, 0) is 14.3 Å². The largest absolute Gasteiger partial charge is 0.481 e. The number of hydrogen-bond acceptors (Lipinski definition) is 5. The van der Waals surface area contributed by atoms with Gasteiger partial charge in [0.05, 0.1) is 11.6 Å². The molecule has 0 amide bonds. The van der Waals surface area contributed by atoms with Gasteiger partial charge in [-0.1, -0.05) is 48.0 Å². The van der Waals surface area contributed by atoms with E-state index < -0.39 is 11.9 Å². The molecule has 0 spiro atoms. The molecule has 3 rings (SSSR count). The van der Waals surface area contributed by atoms with E-state index in [0.29, 0.717) is 29.5 Å². The third kappa shape index (κ3) is 7.87. The molecule has 3 N–H and O–H groups in total. The van der Waals surface area contributed by atoms with Crippen molar-refractivity contribution in [1.29, 1.82) is 0 Å². The Morgan fingerprint density at radius 1 is 1.17 bits per heavy atom. The summed E-state index contributed by atoms with van der Waals surface area (Å²) in [7, 11) is 0. The molecular formula is C22H24ClNO6. The van der Waals surface area contributed by atoms with Gasteiger partial charge < -0.3 is 25.0 Å². The van der Waals surface area contributed by atoms with Crippen LogP contribution in [0.3, 0.4) is 0 Å². The number of carboxylic acid groups (broad SMARTS) is 2. The van der Waals surface area contributed by atoms with Gasteiger partial charge in [-0.2, -0.15) is 0 Å². The monoisotopic (exact) mass is 433 g/mol. The Morgan fingerprint density at radius 3 is 2.40 bits per heavy atom. The number of carboxylic acids is 2. The van der Waals surface area contributed by atoms with Crippen LogP contribution in [0.2, 0.25) is 5.02 Å². The molecule has 8 heteroatoms. The molecule has 0 bridgehead atoms. The highest BCUT2D eigenvalue weighted by Crippen LogP contribution is 2.32. The Morgan fingerprint density at radius 2 is 1.83 bits per heavy atom. The molecular weight excluding hydrogens is 410 g/mol. The summed E-state index contributed by atoms with van der Waals surface area (Å²) >= 11 is 6.29. The Balaban J connectivity index is 0.000000343. The molecule has 1 heterocycles. The lowest BCUT2D eigenvalue weighted by Gasteiger charge is -2.32. The number of morpholine rings is 1. The van der Waals surface area contributed by atoms with Crippen LogP contribution in [-0.4, -0.2) is 48.0 Å². The highest BCUT2D eigenvalue weighted by molar-refractivity contribution is 6.32. The lowest BCUT2D eigenvalue weighted by atomic mass is 10.0. The Bertz CT molecular complexity index is 849. The van der Waals surface area contributed by atoms with E-state index in [0.717, 1.165) is 24.2 Å². The first-order valence-electron chi connectivity index (χ1n) is 9.31. The van der Waals surface area contributed by atoms with Crippen LogP contribution in [0.4, 0.5) is 0 Å². The first-order valence-corrected chi connectivity index (χ1v) is 9.68. The minimum Gasteiger partial charge on any atom is -0.481 e. The summed E-state index contributed by atoms with van der Waals surface area (Å²) in [6.45, 7) is 4.37. The van der Waals surface area contributed by atoms with Gasteiger partial charge >= 0.3 is 11.9 Å². The Kier molecular flexibility index (Phi) is 9.34. The molecule has 1 aliphatic rings. The smallest absolute Gasteiger partial charge is 0.328 e. The van der Waals surface area contributed by atoms with Crippen LogP contribution >= 0.6 is 11.6 Å². The van der Waals surface area contributed by atoms with Crippen LogP contribution in [0.15, 0.2) is 60.7 Å². The molecule has 0 aliphatic carbocycles.